The number of nitrogens with one attached hydrogen (secondary N) is 1. The number of aromatic nitrogens is 3. The summed E-state index contributed by atoms with van der Waals surface area (Å²) in [5, 5.41) is 7.50. The van der Waals surface area contributed by atoms with Crippen LogP contribution in [0.4, 0.5) is 0 Å². The normalized spacial score (nSPS) is 20.5. The molecule has 2 aromatic heterocycles. The molecule has 2 fully saturated rings. The number of para-hydroxylation sites is 1. The molecule has 7 heteroatoms. The first-order chi connectivity index (χ1) is 15.3. The van der Waals surface area contributed by atoms with Crippen LogP contribution in [-0.4, -0.2) is 33.9 Å². The third kappa shape index (κ3) is 4.77. The van der Waals surface area contributed by atoms with Crippen LogP contribution >= 0.6 is 0 Å². The molecule has 3 aromatic rings. The first-order valence-electron chi connectivity index (χ1n) is 10.8. The van der Waals surface area contributed by atoms with Crippen molar-refractivity contribution >= 4 is 5.91 Å². The van der Waals surface area contributed by atoms with Gasteiger partial charge in [-0.25, -0.2) is 9.67 Å². The summed E-state index contributed by atoms with van der Waals surface area (Å²) < 4.78 is 13.5. The minimum atomic E-state index is -0.285. The maximum absolute atomic E-state index is 12.9. The second-order valence-electron chi connectivity index (χ2n) is 8.21. The Hall–Kier alpha value is -3.19. The van der Waals surface area contributed by atoms with Crippen molar-refractivity contribution in [3.05, 3.63) is 72.2 Å². The molecule has 2 atom stereocenters. The fourth-order valence-electron chi connectivity index (χ4n) is 3.84. The summed E-state index contributed by atoms with van der Waals surface area (Å²) in [6, 6.07) is 13.7. The lowest BCUT2D eigenvalue weighted by Gasteiger charge is -2.17. The van der Waals surface area contributed by atoms with Crippen molar-refractivity contribution in [1.29, 1.82) is 0 Å². The summed E-state index contributed by atoms with van der Waals surface area (Å²) in [5.41, 5.74) is 2.87. The number of pyridine rings is 1. The van der Waals surface area contributed by atoms with Crippen LogP contribution in [0.3, 0.4) is 0 Å². The molecule has 2 aliphatic rings. The third-order valence-electron chi connectivity index (χ3n) is 5.81. The third-order valence-corrected chi connectivity index (χ3v) is 5.81. The molecular formula is C24H26N4O3. The average molecular weight is 418 g/mol. The summed E-state index contributed by atoms with van der Waals surface area (Å²) in [6.45, 7) is 1.72. The van der Waals surface area contributed by atoms with Gasteiger partial charge in [-0.3, -0.25) is 4.79 Å². The van der Waals surface area contributed by atoms with E-state index in [1.54, 1.807) is 12.4 Å². The predicted molar refractivity (Wildman–Crippen MR) is 115 cm³/mol. The summed E-state index contributed by atoms with van der Waals surface area (Å²) in [6.07, 6.45) is 8.35. The van der Waals surface area contributed by atoms with Gasteiger partial charge in [-0.15, -0.1) is 0 Å². The number of nitrogens with zero attached hydrogens (tertiary/aromatic N) is 3. The molecule has 3 heterocycles. The molecule has 1 aliphatic heterocycles. The lowest BCUT2D eigenvalue weighted by Crippen LogP contribution is -2.31. The van der Waals surface area contributed by atoms with E-state index in [-0.39, 0.29) is 17.9 Å². The Morgan fingerprint density at radius 3 is 2.90 bits per heavy atom. The van der Waals surface area contributed by atoms with Gasteiger partial charge in [0.25, 0.3) is 0 Å². The molecule has 1 aromatic carbocycles. The standard InChI is InChI=1S/C24H26N4O3/c29-24(26-13-18-8-10-25-22(12-18)31-16-17-6-7-17)21-9-11-30-23(21)19-14-27-28(15-19)20-4-2-1-3-5-20/h1-5,8,10,12,14-15,17,21,23H,6-7,9,11,13,16H2,(H,26,29)/t21-,23+/m0/s1. The van der Waals surface area contributed by atoms with Crippen molar-refractivity contribution in [2.45, 2.75) is 31.9 Å². The number of carbonyl (C=O) groups is 1. The maximum atomic E-state index is 12.9. The molecule has 1 saturated heterocycles. The number of hydrogen-bond acceptors (Lipinski definition) is 5. The van der Waals surface area contributed by atoms with Crippen molar-refractivity contribution in [3.8, 4) is 11.6 Å². The topological polar surface area (TPSA) is 78.3 Å². The van der Waals surface area contributed by atoms with Gasteiger partial charge in [-0.2, -0.15) is 5.10 Å². The van der Waals surface area contributed by atoms with E-state index in [2.05, 4.69) is 15.4 Å². The molecule has 160 valence electrons. The number of rotatable bonds is 8. The van der Waals surface area contributed by atoms with Crippen LogP contribution in [0.2, 0.25) is 0 Å². The van der Waals surface area contributed by atoms with Gasteiger partial charge in [0.2, 0.25) is 11.8 Å². The molecule has 1 N–H and O–H groups in total. The SMILES string of the molecule is O=C(NCc1ccnc(OCC2CC2)c1)[C@H]1CCO[C@@H]1c1cnn(-c2ccccc2)c1. The molecule has 0 radical (unpaired) electrons. The highest BCUT2D eigenvalue weighted by molar-refractivity contribution is 5.79. The van der Waals surface area contributed by atoms with Gasteiger partial charge in [-0.05, 0) is 48.9 Å². The van der Waals surface area contributed by atoms with E-state index >= 15 is 0 Å². The average Bonchev–Trinajstić information content (AvgIpc) is 3.29. The monoisotopic (exact) mass is 418 g/mol. The highest BCUT2D eigenvalue weighted by Crippen LogP contribution is 2.35. The molecule has 31 heavy (non-hydrogen) atoms. The lowest BCUT2D eigenvalue weighted by atomic mass is 9.96. The van der Waals surface area contributed by atoms with Crippen LogP contribution < -0.4 is 10.1 Å². The van der Waals surface area contributed by atoms with E-state index in [9.17, 15) is 4.79 Å². The van der Waals surface area contributed by atoms with Crippen molar-refractivity contribution in [3.63, 3.8) is 0 Å². The van der Waals surface area contributed by atoms with Crippen LogP contribution in [0.1, 0.15) is 36.5 Å². The Morgan fingerprint density at radius 2 is 2.06 bits per heavy atom. The van der Waals surface area contributed by atoms with Gasteiger partial charge in [0, 0.05) is 37.2 Å². The van der Waals surface area contributed by atoms with E-state index < -0.39 is 0 Å². The Balaban J connectivity index is 1.20. The predicted octanol–water partition coefficient (Wildman–Crippen LogP) is 3.45. The molecule has 1 saturated carbocycles. The first-order valence-corrected chi connectivity index (χ1v) is 10.8. The Labute approximate surface area is 181 Å². The van der Waals surface area contributed by atoms with Crippen LogP contribution in [-0.2, 0) is 16.1 Å². The van der Waals surface area contributed by atoms with Crippen molar-refractivity contribution < 1.29 is 14.3 Å². The molecule has 0 bridgehead atoms. The molecular weight excluding hydrogens is 392 g/mol. The number of ether oxygens (including phenoxy) is 2. The van der Waals surface area contributed by atoms with Gasteiger partial charge < -0.3 is 14.8 Å². The van der Waals surface area contributed by atoms with Crippen LogP contribution in [0.5, 0.6) is 5.88 Å². The van der Waals surface area contributed by atoms with E-state index in [1.807, 2.05) is 53.3 Å². The number of amides is 1. The first kappa shape index (κ1) is 19.8. The molecule has 1 aliphatic carbocycles. The summed E-state index contributed by atoms with van der Waals surface area (Å²) in [4.78, 5) is 17.2. The minimum Gasteiger partial charge on any atom is -0.477 e. The quantitative estimate of drug-likeness (QED) is 0.606. The zero-order chi connectivity index (χ0) is 21.0. The van der Waals surface area contributed by atoms with Gasteiger partial charge in [0.1, 0.15) is 0 Å². The smallest absolute Gasteiger partial charge is 0.226 e. The summed E-state index contributed by atoms with van der Waals surface area (Å²) >= 11 is 0. The summed E-state index contributed by atoms with van der Waals surface area (Å²) in [5.74, 6) is 1.05. The lowest BCUT2D eigenvalue weighted by molar-refractivity contribution is -0.126. The van der Waals surface area contributed by atoms with Gasteiger partial charge in [-0.1, -0.05) is 18.2 Å². The van der Waals surface area contributed by atoms with E-state index in [1.165, 1.54) is 12.8 Å². The number of benzene rings is 1. The van der Waals surface area contributed by atoms with Crippen LogP contribution in [0, 0.1) is 11.8 Å². The van der Waals surface area contributed by atoms with Gasteiger partial charge in [0.05, 0.1) is 30.5 Å². The Kier molecular flexibility index (Phi) is 5.67. The zero-order valence-corrected chi connectivity index (χ0v) is 17.3. The summed E-state index contributed by atoms with van der Waals surface area (Å²) in [7, 11) is 0. The zero-order valence-electron chi connectivity index (χ0n) is 17.3. The number of hydrogen-bond donors (Lipinski definition) is 1. The van der Waals surface area contributed by atoms with E-state index in [0.29, 0.717) is 31.4 Å². The largest absolute Gasteiger partial charge is 0.477 e. The van der Waals surface area contributed by atoms with Gasteiger partial charge >= 0.3 is 0 Å². The molecule has 1 amide bonds. The second-order valence-corrected chi connectivity index (χ2v) is 8.21. The fourth-order valence-corrected chi connectivity index (χ4v) is 3.84. The fraction of sp³-hybridized carbons (Fsp3) is 0.375. The molecule has 5 rings (SSSR count). The van der Waals surface area contributed by atoms with E-state index in [0.717, 1.165) is 23.4 Å². The van der Waals surface area contributed by atoms with Crippen LogP contribution in [0.25, 0.3) is 5.69 Å². The Morgan fingerprint density at radius 1 is 1.19 bits per heavy atom. The Bertz CT molecular complexity index is 1030. The highest BCUT2D eigenvalue weighted by Gasteiger charge is 2.36. The van der Waals surface area contributed by atoms with Crippen LogP contribution in [0.15, 0.2) is 61.1 Å². The van der Waals surface area contributed by atoms with Crippen molar-refractivity contribution in [1.82, 2.24) is 20.1 Å². The second kappa shape index (κ2) is 8.89. The van der Waals surface area contributed by atoms with Crippen molar-refractivity contribution in [2.75, 3.05) is 13.2 Å². The number of carbonyl (C=O) groups excluding carboxylic acids is 1. The highest BCUT2D eigenvalue weighted by atomic mass is 16.5. The maximum Gasteiger partial charge on any atom is 0.226 e. The van der Waals surface area contributed by atoms with E-state index in [4.69, 9.17) is 9.47 Å². The van der Waals surface area contributed by atoms with Crippen molar-refractivity contribution in [2.24, 2.45) is 11.8 Å². The molecule has 0 unspecified atom stereocenters. The van der Waals surface area contributed by atoms with Gasteiger partial charge in [0.15, 0.2) is 0 Å². The molecule has 7 nitrogen and oxygen atoms in total. The minimum absolute atomic E-state index is 0.00720. The molecule has 0 spiro atoms.